The maximum atomic E-state index is 12.2. The van der Waals surface area contributed by atoms with Crippen molar-refractivity contribution in [3.05, 3.63) is 47.5 Å². The number of esters is 1. The number of carbonyl (C=O) groups is 2. The van der Waals surface area contributed by atoms with Crippen LogP contribution in [0, 0.1) is 0 Å². The van der Waals surface area contributed by atoms with E-state index in [1.165, 1.54) is 0 Å². The average Bonchev–Trinajstić information content (AvgIpc) is 3.25. The molecule has 2 aliphatic heterocycles. The van der Waals surface area contributed by atoms with Gasteiger partial charge in [-0.1, -0.05) is 5.16 Å². The summed E-state index contributed by atoms with van der Waals surface area (Å²) in [5.41, 5.74) is 1.68. The van der Waals surface area contributed by atoms with Gasteiger partial charge in [-0.2, -0.15) is 0 Å². The van der Waals surface area contributed by atoms with Gasteiger partial charge in [0.1, 0.15) is 13.2 Å². The van der Waals surface area contributed by atoms with Crippen molar-refractivity contribution in [2.45, 2.75) is 6.92 Å². The van der Waals surface area contributed by atoms with E-state index >= 15 is 0 Å². The SMILES string of the molecule is C/C(=N/OCC(=O)OCC(=O)c1ccc2c(c1)OCCO2)c1ccc2c(c1)OCO2. The van der Waals surface area contributed by atoms with Gasteiger partial charge >= 0.3 is 5.97 Å². The lowest BCUT2D eigenvalue weighted by atomic mass is 10.1. The fourth-order valence-electron chi connectivity index (χ4n) is 2.84. The van der Waals surface area contributed by atoms with Crippen molar-refractivity contribution in [1.82, 2.24) is 0 Å². The molecule has 0 amide bonds. The molecule has 0 bridgehead atoms. The molecule has 0 unspecified atom stereocenters. The van der Waals surface area contributed by atoms with Gasteiger partial charge in [0.25, 0.3) is 0 Å². The van der Waals surface area contributed by atoms with Crippen LogP contribution in [0.25, 0.3) is 0 Å². The topological polar surface area (TPSA) is 102 Å². The monoisotopic (exact) mass is 413 g/mol. The molecule has 30 heavy (non-hydrogen) atoms. The van der Waals surface area contributed by atoms with Gasteiger partial charge < -0.3 is 28.5 Å². The number of ketones is 1. The van der Waals surface area contributed by atoms with E-state index in [2.05, 4.69) is 5.16 Å². The number of hydrogen-bond donors (Lipinski definition) is 0. The van der Waals surface area contributed by atoms with Crippen LogP contribution in [-0.2, 0) is 14.4 Å². The van der Waals surface area contributed by atoms with Crippen LogP contribution in [0.5, 0.6) is 23.0 Å². The molecule has 2 heterocycles. The number of hydrogen-bond acceptors (Lipinski definition) is 9. The van der Waals surface area contributed by atoms with Gasteiger partial charge in [0.15, 0.2) is 35.4 Å². The zero-order valence-corrected chi connectivity index (χ0v) is 16.2. The van der Waals surface area contributed by atoms with E-state index < -0.39 is 19.2 Å². The van der Waals surface area contributed by atoms with Gasteiger partial charge in [0, 0.05) is 11.1 Å². The van der Waals surface area contributed by atoms with E-state index in [1.807, 2.05) is 0 Å². The number of carbonyl (C=O) groups excluding carboxylic acids is 2. The first-order chi connectivity index (χ1) is 14.6. The van der Waals surface area contributed by atoms with E-state index in [9.17, 15) is 9.59 Å². The normalized spacial score (nSPS) is 14.2. The van der Waals surface area contributed by atoms with Gasteiger partial charge in [0.2, 0.25) is 13.4 Å². The Morgan fingerprint density at radius 3 is 2.33 bits per heavy atom. The number of ether oxygens (including phenoxy) is 5. The Labute approximate surface area is 172 Å². The number of Topliss-reactive ketones (excluding diaryl/α,β-unsaturated/α-hetero) is 1. The molecule has 4 rings (SSSR count). The van der Waals surface area contributed by atoms with Gasteiger partial charge in [-0.3, -0.25) is 4.79 Å². The second kappa shape index (κ2) is 8.73. The molecular weight excluding hydrogens is 394 g/mol. The van der Waals surface area contributed by atoms with Gasteiger partial charge in [0.05, 0.1) is 5.71 Å². The highest BCUT2D eigenvalue weighted by Gasteiger charge is 2.17. The van der Waals surface area contributed by atoms with Crippen LogP contribution in [0.2, 0.25) is 0 Å². The summed E-state index contributed by atoms with van der Waals surface area (Å²) in [7, 11) is 0. The summed E-state index contributed by atoms with van der Waals surface area (Å²) >= 11 is 0. The predicted molar refractivity (Wildman–Crippen MR) is 103 cm³/mol. The maximum Gasteiger partial charge on any atom is 0.347 e. The molecule has 0 aliphatic carbocycles. The molecular formula is C21H19NO8. The number of fused-ring (bicyclic) bond motifs is 2. The van der Waals surface area contributed by atoms with Gasteiger partial charge in [-0.05, 0) is 43.3 Å². The summed E-state index contributed by atoms with van der Waals surface area (Å²) in [6, 6.07) is 10.2. The van der Waals surface area contributed by atoms with E-state index in [0.29, 0.717) is 47.5 Å². The highest BCUT2D eigenvalue weighted by Crippen LogP contribution is 2.33. The Hall–Kier alpha value is -3.75. The lowest BCUT2D eigenvalue weighted by molar-refractivity contribution is -0.147. The Morgan fingerprint density at radius 1 is 0.867 bits per heavy atom. The molecule has 156 valence electrons. The molecule has 9 nitrogen and oxygen atoms in total. The Bertz CT molecular complexity index is 1000. The van der Waals surface area contributed by atoms with Crippen molar-refractivity contribution < 1.29 is 38.1 Å². The summed E-state index contributed by atoms with van der Waals surface area (Å²) in [4.78, 5) is 29.1. The third-order valence-electron chi connectivity index (χ3n) is 4.40. The first-order valence-electron chi connectivity index (χ1n) is 9.25. The van der Waals surface area contributed by atoms with Crippen molar-refractivity contribution in [3.8, 4) is 23.0 Å². The minimum absolute atomic E-state index is 0.183. The Balaban J connectivity index is 1.25. The van der Waals surface area contributed by atoms with Crippen LogP contribution < -0.4 is 18.9 Å². The first kappa shape index (κ1) is 19.6. The van der Waals surface area contributed by atoms with Crippen molar-refractivity contribution in [3.63, 3.8) is 0 Å². The minimum Gasteiger partial charge on any atom is -0.486 e. The summed E-state index contributed by atoms with van der Waals surface area (Å²) < 4.78 is 26.4. The van der Waals surface area contributed by atoms with Crippen LogP contribution >= 0.6 is 0 Å². The van der Waals surface area contributed by atoms with E-state index in [4.69, 9.17) is 28.5 Å². The molecule has 9 heteroatoms. The third-order valence-corrected chi connectivity index (χ3v) is 4.40. The van der Waals surface area contributed by atoms with Crippen LogP contribution in [0.3, 0.4) is 0 Å². The lowest BCUT2D eigenvalue weighted by Crippen LogP contribution is -2.19. The highest BCUT2D eigenvalue weighted by atomic mass is 16.7. The van der Waals surface area contributed by atoms with Crippen LogP contribution in [0.15, 0.2) is 41.6 Å². The second-order valence-corrected chi connectivity index (χ2v) is 6.46. The fraction of sp³-hybridized carbons (Fsp3) is 0.286. The predicted octanol–water partition coefficient (Wildman–Crippen LogP) is 2.35. The van der Waals surface area contributed by atoms with Crippen molar-refractivity contribution in [2.75, 3.05) is 33.2 Å². The number of nitrogens with zero attached hydrogens (tertiary/aromatic N) is 1. The summed E-state index contributed by atoms with van der Waals surface area (Å²) in [6.45, 7) is 1.97. The molecule has 0 spiro atoms. The Kier molecular flexibility index (Phi) is 5.69. The molecule has 0 fully saturated rings. The first-order valence-corrected chi connectivity index (χ1v) is 9.25. The van der Waals surface area contributed by atoms with Crippen LogP contribution in [0.1, 0.15) is 22.8 Å². The zero-order valence-electron chi connectivity index (χ0n) is 16.2. The Morgan fingerprint density at radius 2 is 1.50 bits per heavy atom. The van der Waals surface area contributed by atoms with E-state index in [0.717, 1.165) is 5.56 Å². The average molecular weight is 413 g/mol. The van der Waals surface area contributed by atoms with Crippen LogP contribution in [-0.4, -0.2) is 50.7 Å². The van der Waals surface area contributed by atoms with Gasteiger partial charge in [-0.15, -0.1) is 0 Å². The molecule has 0 saturated heterocycles. The summed E-state index contributed by atoms with van der Waals surface area (Å²) in [6.07, 6.45) is 0. The standard InChI is InChI=1S/C21H19NO8/c1-13(14-2-4-18-20(8-14)29-12-28-18)22-30-11-21(24)27-10-16(23)15-3-5-17-19(9-15)26-7-6-25-17/h2-5,8-9H,6-7,10-12H2,1H3/b22-13-. The molecule has 0 saturated carbocycles. The molecule has 2 aliphatic rings. The molecule has 0 radical (unpaired) electrons. The molecule has 2 aromatic rings. The summed E-state index contributed by atoms with van der Waals surface area (Å²) in [5, 5.41) is 3.90. The lowest BCUT2D eigenvalue weighted by Gasteiger charge is -2.18. The van der Waals surface area contributed by atoms with E-state index in [1.54, 1.807) is 43.3 Å². The third kappa shape index (κ3) is 4.45. The smallest absolute Gasteiger partial charge is 0.347 e. The van der Waals surface area contributed by atoms with Crippen molar-refractivity contribution in [2.24, 2.45) is 5.16 Å². The zero-order chi connectivity index (χ0) is 20.9. The number of benzene rings is 2. The fourth-order valence-corrected chi connectivity index (χ4v) is 2.84. The molecule has 2 aromatic carbocycles. The largest absolute Gasteiger partial charge is 0.486 e. The van der Waals surface area contributed by atoms with Crippen molar-refractivity contribution >= 4 is 17.5 Å². The van der Waals surface area contributed by atoms with E-state index in [-0.39, 0.29) is 12.6 Å². The molecule has 0 aromatic heterocycles. The maximum absolute atomic E-state index is 12.2. The molecule has 0 N–H and O–H groups in total. The summed E-state index contributed by atoms with van der Waals surface area (Å²) in [5.74, 6) is 1.30. The second-order valence-electron chi connectivity index (χ2n) is 6.46. The van der Waals surface area contributed by atoms with Gasteiger partial charge in [-0.25, -0.2) is 4.79 Å². The molecule has 0 atom stereocenters. The highest BCUT2D eigenvalue weighted by molar-refractivity contribution is 5.99. The van der Waals surface area contributed by atoms with Crippen molar-refractivity contribution in [1.29, 1.82) is 0 Å². The van der Waals surface area contributed by atoms with Crippen LogP contribution in [0.4, 0.5) is 0 Å². The minimum atomic E-state index is -0.705. The number of oxime groups is 1. The quantitative estimate of drug-likeness (QED) is 0.295. The number of rotatable bonds is 7.